The van der Waals surface area contributed by atoms with Gasteiger partial charge in [0.2, 0.25) is 0 Å². The Balaban J connectivity index is 2.05. The van der Waals surface area contributed by atoms with E-state index in [0.717, 1.165) is 22.3 Å². The number of hydrogen-bond donors (Lipinski definition) is 0. The highest BCUT2D eigenvalue weighted by molar-refractivity contribution is 9.09. The fourth-order valence-electron chi connectivity index (χ4n) is 3.28. The van der Waals surface area contributed by atoms with Crippen LogP contribution in [0.2, 0.25) is 6.82 Å². The summed E-state index contributed by atoms with van der Waals surface area (Å²) < 4.78 is 0. The van der Waals surface area contributed by atoms with Crippen molar-refractivity contribution in [2.24, 2.45) is 0 Å². The van der Waals surface area contributed by atoms with Crippen molar-refractivity contribution in [3.8, 4) is 22.3 Å². The van der Waals surface area contributed by atoms with Crippen molar-refractivity contribution in [1.82, 2.24) is 0 Å². The maximum absolute atomic E-state index is 3.70. The monoisotopic (exact) mass is 545 g/mol. The van der Waals surface area contributed by atoms with E-state index in [9.17, 15) is 0 Å². The van der Waals surface area contributed by atoms with E-state index in [1.807, 2.05) is 0 Å². The molecule has 27 heavy (non-hydrogen) atoms. The van der Waals surface area contributed by atoms with Crippen LogP contribution >= 0.6 is 47.8 Å². The van der Waals surface area contributed by atoms with E-state index in [1.165, 1.54) is 44.5 Å². The minimum Gasteiger partial charge on any atom is -0.0917 e. The number of benzene rings is 3. The summed E-state index contributed by atoms with van der Waals surface area (Å²) in [6.45, 7) is 2.10. The summed E-state index contributed by atoms with van der Waals surface area (Å²) in [4.78, 5) is 0. The second-order valence-electron chi connectivity index (χ2n) is 6.57. The smallest absolute Gasteiger partial charge is 0.0917 e. The van der Waals surface area contributed by atoms with E-state index in [1.54, 1.807) is 0 Å². The molecule has 0 aliphatic heterocycles. The van der Waals surface area contributed by atoms with Gasteiger partial charge in [0, 0.05) is 16.0 Å². The van der Waals surface area contributed by atoms with Crippen LogP contribution in [-0.4, -0.2) is 7.28 Å². The molecule has 0 atom stereocenters. The van der Waals surface area contributed by atoms with Crippen molar-refractivity contribution in [3.05, 3.63) is 82.9 Å². The highest BCUT2D eigenvalue weighted by Gasteiger charge is 2.12. The topological polar surface area (TPSA) is 0 Å². The molecule has 3 rings (SSSR count). The number of halogens is 3. The van der Waals surface area contributed by atoms with Crippen LogP contribution in [0.3, 0.4) is 0 Å². The van der Waals surface area contributed by atoms with Crippen LogP contribution in [0.4, 0.5) is 0 Å². The highest BCUT2D eigenvalue weighted by atomic mass is 79.9. The predicted molar refractivity (Wildman–Crippen MR) is 131 cm³/mol. The van der Waals surface area contributed by atoms with Crippen LogP contribution in [0.5, 0.6) is 0 Å². The molecule has 0 aliphatic carbocycles. The zero-order valence-electron chi connectivity index (χ0n) is 15.3. The zero-order valence-corrected chi connectivity index (χ0v) is 20.1. The molecule has 0 fully saturated rings. The fourth-order valence-corrected chi connectivity index (χ4v) is 4.58. The molecule has 0 saturated carbocycles. The van der Waals surface area contributed by atoms with Crippen LogP contribution in [0, 0.1) is 0 Å². The second kappa shape index (κ2) is 10.1. The molecular formula is C23H21BBr3. The minimum atomic E-state index is 0.834. The third-order valence-corrected chi connectivity index (χ3v) is 6.60. The van der Waals surface area contributed by atoms with Gasteiger partial charge < -0.3 is 0 Å². The lowest BCUT2D eigenvalue weighted by molar-refractivity contribution is 1.34. The molecule has 0 unspecified atom stereocenters. The summed E-state index contributed by atoms with van der Waals surface area (Å²) in [5.41, 5.74) is 10.4. The molecule has 4 heteroatoms. The molecular weight excluding hydrogens is 527 g/mol. The van der Waals surface area contributed by atoms with Crippen molar-refractivity contribution in [3.63, 3.8) is 0 Å². The van der Waals surface area contributed by atoms with E-state index in [4.69, 9.17) is 0 Å². The Morgan fingerprint density at radius 2 is 1.07 bits per heavy atom. The van der Waals surface area contributed by atoms with E-state index in [2.05, 4.69) is 123 Å². The molecule has 0 aliphatic rings. The Morgan fingerprint density at radius 1 is 0.630 bits per heavy atom. The zero-order chi connectivity index (χ0) is 19.2. The molecule has 3 aromatic carbocycles. The molecule has 0 bridgehead atoms. The molecule has 0 nitrogen and oxygen atoms in total. The maximum atomic E-state index is 3.70. The Bertz CT molecular complexity index is 887. The van der Waals surface area contributed by atoms with Crippen molar-refractivity contribution in [2.45, 2.75) is 29.1 Å². The summed E-state index contributed by atoms with van der Waals surface area (Å²) in [7, 11) is 2.19. The van der Waals surface area contributed by atoms with E-state index >= 15 is 0 Å². The molecule has 0 saturated heterocycles. The van der Waals surface area contributed by atoms with E-state index in [-0.39, 0.29) is 0 Å². The molecule has 1 radical (unpaired) electrons. The number of rotatable bonds is 7. The van der Waals surface area contributed by atoms with Gasteiger partial charge in [-0.3, -0.25) is 0 Å². The fraction of sp³-hybridized carbons (Fsp3) is 0.217. The van der Waals surface area contributed by atoms with E-state index < -0.39 is 0 Å². The summed E-state index contributed by atoms with van der Waals surface area (Å²) in [6, 6.07) is 22.4. The van der Waals surface area contributed by atoms with Gasteiger partial charge in [-0.05, 0) is 51.1 Å². The first-order valence-electron chi connectivity index (χ1n) is 9.00. The van der Waals surface area contributed by atoms with Gasteiger partial charge in [0.1, 0.15) is 7.28 Å². The van der Waals surface area contributed by atoms with Crippen molar-refractivity contribution in [2.75, 3.05) is 0 Å². The van der Waals surface area contributed by atoms with Gasteiger partial charge in [-0.1, -0.05) is 115 Å². The van der Waals surface area contributed by atoms with Gasteiger partial charge in [-0.15, -0.1) is 0 Å². The molecule has 3 aromatic rings. The lowest BCUT2D eigenvalue weighted by Crippen LogP contribution is -1.95. The molecule has 0 aromatic heterocycles. The summed E-state index contributed by atoms with van der Waals surface area (Å²) in [6.07, 6.45) is 1.02. The lowest BCUT2D eigenvalue weighted by atomic mass is 9.75. The highest BCUT2D eigenvalue weighted by Crippen LogP contribution is 2.35. The average molecular weight is 548 g/mol. The van der Waals surface area contributed by atoms with Crippen LogP contribution in [0.15, 0.2) is 60.7 Å². The first-order chi connectivity index (χ1) is 13.2. The van der Waals surface area contributed by atoms with Gasteiger partial charge in [-0.25, -0.2) is 0 Å². The number of hydrogen-bond acceptors (Lipinski definition) is 0. The quantitative estimate of drug-likeness (QED) is 0.208. The first-order valence-corrected chi connectivity index (χ1v) is 12.4. The normalized spacial score (nSPS) is 10.8. The number of alkyl halides is 3. The summed E-state index contributed by atoms with van der Waals surface area (Å²) >= 11 is 10.9. The minimum absolute atomic E-state index is 0.834. The molecule has 137 valence electrons. The third-order valence-electron chi connectivity index (χ3n) is 4.74. The van der Waals surface area contributed by atoms with Crippen LogP contribution < -0.4 is 0 Å². The molecule has 0 spiro atoms. The molecule has 0 N–H and O–H groups in total. The Hall–Kier alpha value is -0.835. The van der Waals surface area contributed by atoms with Crippen molar-refractivity contribution < 1.29 is 0 Å². The van der Waals surface area contributed by atoms with Crippen molar-refractivity contribution >= 4 is 55.1 Å². The Morgan fingerprint density at radius 3 is 1.44 bits per heavy atom. The standard InChI is InChI=1S/C23H21BBr3/c1-24-12-16-2-6-18(7-3-16)22-10-21(15-27)23(11-20(22)14-26)19-8-4-17(13-25)5-9-19/h2-11H,12-15H2,1H3. The lowest BCUT2D eigenvalue weighted by Gasteiger charge is -2.16. The average Bonchev–Trinajstić information content (AvgIpc) is 2.73. The SMILES string of the molecule is C[B]Cc1ccc(-c2cc(CBr)c(-c3ccc(CBr)cc3)cc2CBr)cc1. The van der Waals surface area contributed by atoms with Gasteiger partial charge in [-0.2, -0.15) is 0 Å². The third kappa shape index (κ3) is 4.96. The van der Waals surface area contributed by atoms with Crippen molar-refractivity contribution in [1.29, 1.82) is 0 Å². The van der Waals surface area contributed by atoms with E-state index in [0.29, 0.717) is 0 Å². The van der Waals surface area contributed by atoms with Gasteiger partial charge >= 0.3 is 0 Å². The van der Waals surface area contributed by atoms with Crippen LogP contribution in [0.1, 0.15) is 22.3 Å². The van der Waals surface area contributed by atoms with Gasteiger partial charge in [0.25, 0.3) is 0 Å². The summed E-state index contributed by atoms with van der Waals surface area (Å²) in [5, 5.41) is 2.55. The van der Waals surface area contributed by atoms with Crippen LogP contribution in [0.25, 0.3) is 22.3 Å². The van der Waals surface area contributed by atoms with Gasteiger partial charge in [0.15, 0.2) is 0 Å². The first kappa shape index (κ1) is 20.9. The van der Waals surface area contributed by atoms with Crippen LogP contribution in [-0.2, 0) is 22.3 Å². The Kier molecular flexibility index (Phi) is 7.80. The largest absolute Gasteiger partial charge is 0.111 e. The Labute approximate surface area is 188 Å². The predicted octanol–water partition coefficient (Wildman–Crippen LogP) is 7.96. The summed E-state index contributed by atoms with van der Waals surface area (Å²) in [5.74, 6) is 0. The molecule has 0 amide bonds. The molecule has 0 heterocycles. The second-order valence-corrected chi connectivity index (χ2v) is 8.26. The van der Waals surface area contributed by atoms with Gasteiger partial charge in [0.05, 0.1) is 0 Å². The maximum Gasteiger partial charge on any atom is 0.111 e.